The molecule has 0 aliphatic heterocycles. The Balaban J connectivity index is 1.86. The minimum Gasteiger partial charge on any atom is -0.385 e. The van der Waals surface area contributed by atoms with Gasteiger partial charge in [0.05, 0.1) is 0 Å². The largest absolute Gasteiger partial charge is 0.385 e. The first-order valence-corrected chi connectivity index (χ1v) is 9.81. The third-order valence-electron chi connectivity index (χ3n) is 6.03. The third kappa shape index (κ3) is 3.10. The van der Waals surface area contributed by atoms with Crippen molar-refractivity contribution in [2.75, 3.05) is 11.9 Å². The summed E-state index contributed by atoms with van der Waals surface area (Å²) in [5, 5.41) is 3.38. The second-order valence-electron chi connectivity index (χ2n) is 7.72. The molecule has 3 N–H and O–H groups in total. The van der Waals surface area contributed by atoms with E-state index in [1.807, 2.05) is 19.1 Å². The fourth-order valence-corrected chi connectivity index (χ4v) is 4.43. The van der Waals surface area contributed by atoms with E-state index in [9.17, 15) is 4.39 Å². The average Bonchev–Trinajstić information content (AvgIpc) is 3.34. The lowest BCUT2D eigenvalue weighted by molar-refractivity contribution is 0.618. The highest BCUT2D eigenvalue weighted by Gasteiger charge is 2.49. The Morgan fingerprint density at radius 2 is 1.89 bits per heavy atom. The lowest BCUT2D eigenvalue weighted by Gasteiger charge is -2.19. The van der Waals surface area contributed by atoms with Crippen LogP contribution in [0, 0.1) is 30.5 Å². The molecule has 3 atom stereocenters. The van der Waals surface area contributed by atoms with Crippen molar-refractivity contribution in [2.24, 2.45) is 23.5 Å². The Labute approximate surface area is 161 Å². The first kappa shape index (κ1) is 18.0. The summed E-state index contributed by atoms with van der Waals surface area (Å²) < 4.78 is 13.8. The third-order valence-corrected chi connectivity index (χ3v) is 6.03. The summed E-state index contributed by atoms with van der Waals surface area (Å²) in [6.45, 7) is 7.60. The molecule has 2 aliphatic carbocycles. The zero-order chi connectivity index (χ0) is 19.1. The van der Waals surface area contributed by atoms with Gasteiger partial charge in [0.15, 0.2) is 0 Å². The molecule has 0 aromatic heterocycles. The molecule has 3 heteroatoms. The van der Waals surface area contributed by atoms with Crippen LogP contribution < -0.4 is 11.1 Å². The maximum atomic E-state index is 13.8. The van der Waals surface area contributed by atoms with E-state index in [0.29, 0.717) is 29.9 Å². The number of nitrogens with one attached hydrogen (secondary N) is 1. The van der Waals surface area contributed by atoms with Crippen molar-refractivity contribution >= 4 is 16.8 Å². The van der Waals surface area contributed by atoms with E-state index in [-0.39, 0.29) is 5.82 Å². The van der Waals surface area contributed by atoms with Gasteiger partial charge in [0.1, 0.15) is 5.82 Å². The minimum atomic E-state index is -0.145. The summed E-state index contributed by atoms with van der Waals surface area (Å²) in [6, 6.07) is 12.0. The number of fused-ring (bicyclic) bond motifs is 1. The van der Waals surface area contributed by atoms with Gasteiger partial charge in [-0.1, -0.05) is 31.2 Å². The number of anilines is 1. The van der Waals surface area contributed by atoms with E-state index in [1.54, 1.807) is 6.07 Å². The van der Waals surface area contributed by atoms with Crippen LogP contribution in [-0.4, -0.2) is 6.54 Å². The van der Waals surface area contributed by atoms with E-state index >= 15 is 0 Å². The van der Waals surface area contributed by atoms with Gasteiger partial charge in [-0.15, -0.1) is 0 Å². The number of aryl methyl sites for hydroxylation is 1. The summed E-state index contributed by atoms with van der Waals surface area (Å²) in [5.41, 5.74) is 13.8. The van der Waals surface area contributed by atoms with Crippen LogP contribution in [-0.2, 0) is 6.54 Å². The van der Waals surface area contributed by atoms with E-state index in [0.717, 1.165) is 23.4 Å². The molecule has 2 aromatic carbocycles. The quantitative estimate of drug-likeness (QED) is 0.749. The van der Waals surface area contributed by atoms with Gasteiger partial charge in [-0.3, -0.25) is 0 Å². The second-order valence-corrected chi connectivity index (χ2v) is 7.72. The van der Waals surface area contributed by atoms with Crippen LogP contribution >= 0.6 is 0 Å². The molecule has 1 saturated carbocycles. The van der Waals surface area contributed by atoms with E-state index in [4.69, 9.17) is 5.73 Å². The van der Waals surface area contributed by atoms with Crippen LogP contribution in [0.2, 0.25) is 0 Å². The number of halogens is 1. The van der Waals surface area contributed by atoms with Gasteiger partial charge in [-0.25, -0.2) is 4.39 Å². The molecule has 0 heterocycles. The van der Waals surface area contributed by atoms with Gasteiger partial charge in [0.2, 0.25) is 0 Å². The molecule has 2 nitrogen and oxygen atoms in total. The zero-order valence-electron chi connectivity index (χ0n) is 16.2. The predicted octanol–water partition coefficient (Wildman–Crippen LogP) is 5.39. The SMILES string of the molecule is CCNc1ccc(C2=C(c3ccc(F)c(C)c3)C3C(C)C3C=C2)cc1CN. The number of nitrogens with two attached hydrogens (primary N) is 1. The fraction of sp³-hybridized carbons (Fsp3) is 0.333. The van der Waals surface area contributed by atoms with Crippen molar-refractivity contribution in [3.8, 4) is 0 Å². The van der Waals surface area contributed by atoms with Gasteiger partial charge in [0.25, 0.3) is 0 Å². The van der Waals surface area contributed by atoms with Gasteiger partial charge >= 0.3 is 0 Å². The summed E-state index contributed by atoms with van der Waals surface area (Å²) >= 11 is 0. The van der Waals surface area contributed by atoms with Crippen molar-refractivity contribution in [1.29, 1.82) is 0 Å². The molecule has 0 amide bonds. The molecule has 0 radical (unpaired) electrons. The van der Waals surface area contributed by atoms with Crippen molar-refractivity contribution in [1.82, 2.24) is 0 Å². The smallest absolute Gasteiger partial charge is 0.126 e. The topological polar surface area (TPSA) is 38.0 Å². The van der Waals surface area contributed by atoms with Gasteiger partial charge < -0.3 is 11.1 Å². The van der Waals surface area contributed by atoms with Crippen LogP contribution in [0.4, 0.5) is 10.1 Å². The Morgan fingerprint density at radius 1 is 1.11 bits per heavy atom. The zero-order valence-corrected chi connectivity index (χ0v) is 16.2. The summed E-state index contributed by atoms with van der Waals surface area (Å²) in [6.07, 6.45) is 4.59. The Morgan fingerprint density at radius 3 is 2.59 bits per heavy atom. The maximum absolute atomic E-state index is 13.8. The highest BCUT2D eigenvalue weighted by atomic mass is 19.1. The predicted molar refractivity (Wildman–Crippen MR) is 112 cm³/mol. The van der Waals surface area contributed by atoms with Crippen LogP contribution in [0.15, 0.2) is 48.6 Å². The molecule has 2 aliphatic rings. The van der Waals surface area contributed by atoms with E-state index in [2.05, 4.69) is 49.5 Å². The van der Waals surface area contributed by atoms with Crippen LogP contribution in [0.5, 0.6) is 0 Å². The number of hydrogen-bond acceptors (Lipinski definition) is 2. The maximum Gasteiger partial charge on any atom is 0.126 e. The summed E-state index contributed by atoms with van der Waals surface area (Å²) in [7, 11) is 0. The lowest BCUT2D eigenvalue weighted by Crippen LogP contribution is -2.06. The Bertz CT molecular complexity index is 941. The van der Waals surface area contributed by atoms with Crippen LogP contribution in [0.1, 0.15) is 36.1 Å². The number of rotatable bonds is 5. The van der Waals surface area contributed by atoms with Crippen LogP contribution in [0.3, 0.4) is 0 Å². The molecule has 0 bridgehead atoms. The number of hydrogen-bond donors (Lipinski definition) is 2. The summed E-state index contributed by atoms with van der Waals surface area (Å²) in [4.78, 5) is 0. The highest BCUT2D eigenvalue weighted by molar-refractivity contribution is 5.99. The van der Waals surface area contributed by atoms with Crippen molar-refractivity contribution in [3.63, 3.8) is 0 Å². The van der Waals surface area contributed by atoms with Crippen molar-refractivity contribution in [2.45, 2.75) is 27.3 Å². The molecular formula is C24H27FN2. The van der Waals surface area contributed by atoms with Crippen molar-refractivity contribution in [3.05, 3.63) is 76.6 Å². The van der Waals surface area contributed by atoms with Gasteiger partial charge in [-0.2, -0.15) is 0 Å². The number of benzene rings is 2. The fourth-order valence-electron chi connectivity index (χ4n) is 4.43. The Hall–Kier alpha value is -2.39. The molecule has 27 heavy (non-hydrogen) atoms. The molecule has 3 unspecified atom stereocenters. The van der Waals surface area contributed by atoms with Gasteiger partial charge in [0, 0.05) is 18.8 Å². The molecule has 0 spiro atoms. The average molecular weight is 362 g/mol. The molecule has 2 aromatic rings. The molecular weight excluding hydrogens is 335 g/mol. The minimum absolute atomic E-state index is 0.145. The molecule has 4 rings (SSSR count). The first-order chi connectivity index (χ1) is 13.0. The Kier molecular flexibility index (Phi) is 4.65. The lowest BCUT2D eigenvalue weighted by atomic mass is 9.86. The van der Waals surface area contributed by atoms with E-state index in [1.165, 1.54) is 16.7 Å². The normalized spacial score (nSPS) is 23.4. The molecule has 140 valence electrons. The first-order valence-electron chi connectivity index (χ1n) is 9.81. The van der Waals surface area contributed by atoms with Crippen molar-refractivity contribution < 1.29 is 4.39 Å². The molecule has 1 fully saturated rings. The number of allylic oxidation sites excluding steroid dienone is 4. The second kappa shape index (κ2) is 6.97. The van der Waals surface area contributed by atoms with Gasteiger partial charge in [-0.05, 0) is 89.3 Å². The summed E-state index contributed by atoms with van der Waals surface area (Å²) in [5.74, 6) is 1.61. The standard InChI is InChI=1S/C24H27FN2/c1-4-27-22-10-6-16(12-18(22)13-26)20-8-7-19-15(3)23(19)24(20)17-5-9-21(25)14(2)11-17/h5-12,15,19,23,27H,4,13,26H2,1-3H3. The van der Waals surface area contributed by atoms with E-state index < -0.39 is 0 Å². The van der Waals surface area contributed by atoms with Crippen LogP contribution in [0.25, 0.3) is 11.1 Å². The monoisotopic (exact) mass is 362 g/mol. The molecule has 0 saturated heterocycles. The highest BCUT2D eigenvalue weighted by Crippen LogP contribution is 2.59.